The van der Waals surface area contributed by atoms with Crippen molar-refractivity contribution in [2.24, 2.45) is 5.14 Å². The summed E-state index contributed by atoms with van der Waals surface area (Å²) in [6.07, 6.45) is 3.29. The number of hydrogen-bond donors (Lipinski definition) is 2. The summed E-state index contributed by atoms with van der Waals surface area (Å²) in [6.45, 7) is 3.16. The zero-order valence-electron chi connectivity index (χ0n) is 14.9. The van der Waals surface area contributed by atoms with E-state index in [2.05, 4.69) is 6.92 Å². The number of amides is 1. The van der Waals surface area contributed by atoms with E-state index in [1.807, 2.05) is 0 Å². The highest BCUT2D eigenvalue weighted by molar-refractivity contribution is 7.89. The van der Waals surface area contributed by atoms with Crippen LogP contribution < -0.4 is 5.14 Å². The lowest BCUT2D eigenvalue weighted by Crippen LogP contribution is -2.53. The number of rotatable bonds is 3. The molecular weight excluding hydrogens is 356 g/mol. The van der Waals surface area contributed by atoms with Crippen LogP contribution in [-0.4, -0.2) is 55.2 Å². The molecule has 0 radical (unpaired) electrons. The fraction of sp³-hybridized carbons (Fsp3) is 0.611. The van der Waals surface area contributed by atoms with Crippen molar-refractivity contribution < 1.29 is 23.1 Å². The van der Waals surface area contributed by atoms with Gasteiger partial charge in [0, 0.05) is 25.1 Å². The van der Waals surface area contributed by atoms with Crippen LogP contribution in [0.5, 0.6) is 0 Å². The van der Waals surface area contributed by atoms with Crippen LogP contribution in [0.4, 0.5) is 0 Å². The third kappa shape index (κ3) is 4.09. The zero-order chi connectivity index (χ0) is 18.9. The summed E-state index contributed by atoms with van der Waals surface area (Å²) in [5, 5.41) is 15.2. The van der Waals surface area contributed by atoms with E-state index >= 15 is 0 Å². The number of sulfonamides is 1. The Balaban J connectivity index is 1.65. The normalized spacial score (nSPS) is 26.0. The van der Waals surface area contributed by atoms with Gasteiger partial charge >= 0.3 is 0 Å². The number of carbonyl (C=O) groups is 1. The minimum atomic E-state index is -3.77. The first-order valence-corrected chi connectivity index (χ1v) is 10.5. The van der Waals surface area contributed by atoms with Crippen LogP contribution in [-0.2, 0) is 14.8 Å². The van der Waals surface area contributed by atoms with Crippen LogP contribution in [0.3, 0.4) is 0 Å². The van der Waals surface area contributed by atoms with Gasteiger partial charge < -0.3 is 14.7 Å². The standard InChI is InChI=1S/C18H26N2O5S/c1-2-15-11-14(21)12-18(25-15)7-9-20(10-8-18)17(22)13-3-5-16(6-4-13)26(19,23)24/h3-6,14-15,21H,2,7-12H2,1H3,(H2,19,23,24)/t14-,15+/m1/s1. The Hall–Kier alpha value is -1.48. The summed E-state index contributed by atoms with van der Waals surface area (Å²) < 4.78 is 28.9. The molecule has 2 aliphatic rings. The highest BCUT2D eigenvalue weighted by Crippen LogP contribution is 2.38. The highest BCUT2D eigenvalue weighted by atomic mass is 32.2. The van der Waals surface area contributed by atoms with Crippen LogP contribution in [0.2, 0.25) is 0 Å². The first-order valence-electron chi connectivity index (χ1n) is 9.00. The topological polar surface area (TPSA) is 110 Å². The zero-order valence-corrected chi connectivity index (χ0v) is 15.7. The lowest BCUT2D eigenvalue weighted by atomic mass is 9.81. The maximum Gasteiger partial charge on any atom is 0.253 e. The number of nitrogens with zero attached hydrogens (tertiary/aromatic N) is 1. The number of nitrogens with two attached hydrogens (primary N) is 1. The van der Waals surface area contributed by atoms with E-state index < -0.39 is 10.0 Å². The van der Waals surface area contributed by atoms with Gasteiger partial charge in [-0.1, -0.05) is 6.92 Å². The Morgan fingerprint density at radius 3 is 2.46 bits per heavy atom. The molecule has 3 N–H and O–H groups in total. The van der Waals surface area contributed by atoms with Crippen LogP contribution in [0, 0.1) is 0 Å². The minimum Gasteiger partial charge on any atom is -0.393 e. The molecular formula is C18H26N2O5S. The number of ether oxygens (including phenoxy) is 1. The van der Waals surface area contributed by atoms with Gasteiger partial charge in [-0.05, 0) is 49.9 Å². The molecule has 2 saturated heterocycles. The van der Waals surface area contributed by atoms with E-state index in [1.165, 1.54) is 24.3 Å². The van der Waals surface area contributed by atoms with Crippen LogP contribution in [0.15, 0.2) is 29.2 Å². The van der Waals surface area contributed by atoms with E-state index in [1.54, 1.807) is 4.90 Å². The molecule has 1 aromatic carbocycles. The van der Waals surface area contributed by atoms with E-state index in [-0.39, 0.29) is 28.6 Å². The molecule has 2 atom stereocenters. The lowest BCUT2D eigenvalue weighted by molar-refractivity contribution is -0.179. The van der Waals surface area contributed by atoms with Crippen molar-refractivity contribution in [3.05, 3.63) is 29.8 Å². The quantitative estimate of drug-likeness (QED) is 0.818. The first kappa shape index (κ1) is 19.3. The van der Waals surface area contributed by atoms with Gasteiger partial charge in [-0.3, -0.25) is 4.79 Å². The van der Waals surface area contributed by atoms with Gasteiger partial charge in [-0.15, -0.1) is 0 Å². The number of benzene rings is 1. The SMILES string of the molecule is CC[C@H]1C[C@@H](O)CC2(CCN(C(=O)c3ccc(S(N)(=O)=O)cc3)CC2)O1. The number of piperidine rings is 1. The molecule has 7 nitrogen and oxygen atoms in total. The molecule has 0 bridgehead atoms. The van der Waals surface area contributed by atoms with Gasteiger partial charge in [0.2, 0.25) is 10.0 Å². The summed E-state index contributed by atoms with van der Waals surface area (Å²) >= 11 is 0. The Labute approximate surface area is 154 Å². The minimum absolute atomic E-state index is 0.0122. The maximum absolute atomic E-state index is 12.7. The summed E-state index contributed by atoms with van der Waals surface area (Å²) in [6, 6.07) is 5.67. The molecule has 0 unspecified atom stereocenters. The number of likely N-dealkylation sites (tertiary alicyclic amines) is 1. The summed E-state index contributed by atoms with van der Waals surface area (Å²) in [4.78, 5) is 14.4. The van der Waals surface area contributed by atoms with E-state index in [0.717, 1.165) is 6.42 Å². The third-order valence-electron chi connectivity index (χ3n) is 5.41. The molecule has 1 amide bonds. The second-order valence-electron chi connectivity index (χ2n) is 7.29. The number of aliphatic hydroxyl groups is 1. The van der Waals surface area contributed by atoms with Crippen molar-refractivity contribution in [2.75, 3.05) is 13.1 Å². The predicted molar refractivity (Wildman–Crippen MR) is 96.1 cm³/mol. The third-order valence-corrected chi connectivity index (χ3v) is 6.34. The van der Waals surface area contributed by atoms with Gasteiger partial charge in [-0.2, -0.15) is 0 Å². The van der Waals surface area contributed by atoms with Crippen LogP contribution in [0.1, 0.15) is 49.4 Å². The smallest absolute Gasteiger partial charge is 0.253 e. The van der Waals surface area contributed by atoms with Gasteiger partial charge in [-0.25, -0.2) is 13.6 Å². The second-order valence-corrected chi connectivity index (χ2v) is 8.85. The molecule has 0 saturated carbocycles. The molecule has 0 aliphatic carbocycles. The molecule has 26 heavy (non-hydrogen) atoms. The average molecular weight is 382 g/mol. The highest BCUT2D eigenvalue weighted by Gasteiger charge is 2.43. The van der Waals surface area contributed by atoms with Gasteiger partial charge in [0.15, 0.2) is 0 Å². The first-order chi connectivity index (χ1) is 12.2. The molecule has 2 heterocycles. The second kappa shape index (κ2) is 7.26. The molecule has 2 aliphatic heterocycles. The fourth-order valence-electron chi connectivity index (χ4n) is 3.93. The number of hydrogen-bond acceptors (Lipinski definition) is 5. The van der Waals surface area contributed by atoms with E-state index in [9.17, 15) is 18.3 Å². The van der Waals surface area contributed by atoms with Crippen molar-refractivity contribution in [3.8, 4) is 0 Å². The number of primary sulfonamides is 1. The average Bonchev–Trinajstić information content (AvgIpc) is 2.60. The maximum atomic E-state index is 12.7. The molecule has 144 valence electrons. The van der Waals surface area contributed by atoms with E-state index in [4.69, 9.17) is 9.88 Å². The number of carbonyl (C=O) groups excluding carboxylic acids is 1. The molecule has 8 heteroatoms. The van der Waals surface area contributed by atoms with Crippen LogP contribution in [0.25, 0.3) is 0 Å². The van der Waals surface area contributed by atoms with Crippen molar-refractivity contribution in [3.63, 3.8) is 0 Å². The molecule has 2 fully saturated rings. The Bertz CT molecular complexity index is 754. The summed E-state index contributed by atoms with van der Waals surface area (Å²) in [5.74, 6) is -0.135. The molecule has 1 aromatic rings. The van der Waals surface area contributed by atoms with Crippen molar-refractivity contribution in [1.29, 1.82) is 0 Å². The van der Waals surface area contributed by atoms with Gasteiger partial charge in [0.05, 0.1) is 22.7 Å². The van der Waals surface area contributed by atoms with Gasteiger partial charge in [0.1, 0.15) is 0 Å². The largest absolute Gasteiger partial charge is 0.393 e. The lowest BCUT2D eigenvalue weighted by Gasteiger charge is -2.47. The van der Waals surface area contributed by atoms with Crippen molar-refractivity contribution in [1.82, 2.24) is 4.90 Å². The van der Waals surface area contributed by atoms with E-state index in [0.29, 0.717) is 44.3 Å². The fourth-order valence-corrected chi connectivity index (χ4v) is 4.44. The monoisotopic (exact) mass is 382 g/mol. The Morgan fingerprint density at radius 2 is 1.92 bits per heavy atom. The molecule has 1 spiro atoms. The predicted octanol–water partition coefficient (Wildman–Crippen LogP) is 1.26. The van der Waals surface area contributed by atoms with Crippen LogP contribution >= 0.6 is 0 Å². The van der Waals surface area contributed by atoms with Crippen molar-refractivity contribution in [2.45, 2.75) is 61.7 Å². The summed E-state index contributed by atoms with van der Waals surface area (Å²) in [5.41, 5.74) is 0.0939. The van der Waals surface area contributed by atoms with Gasteiger partial charge in [0.25, 0.3) is 5.91 Å². The molecule has 0 aromatic heterocycles. The Kier molecular flexibility index (Phi) is 5.39. The molecule has 3 rings (SSSR count). The number of aliphatic hydroxyl groups excluding tert-OH is 1. The summed E-state index contributed by atoms with van der Waals surface area (Å²) in [7, 11) is -3.77. The Morgan fingerprint density at radius 1 is 1.31 bits per heavy atom. The van der Waals surface area contributed by atoms with Crippen molar-refractivity contribution >= 4 is 15.9 Å².